The van der Waals surface area contributed by atoms with Crippen LogP contribution in [-0.2, 0) is 28.6 Å². The van der Waals surface area contributed by atoms with Crippen LogP contribution in [0.3, 0.4) is 0 Å². The smallest absolute Gasteiger partial charge is 0.306 e. The monoisotopic (exact) mass is 861 g/mol. The summed E-state index contributed by atoms with van der Waals surface area (Å²) in [7, 11) is 0. The van der Waals surface area contributed by atoms with Crippen molar-refractivity contribution in [1.29, 1.82) is 0 Å². The number of rotatable bonds is 50. The van der Waals surface area contributed by atoms with Gasteiger partial charge in [-0.05, 0) is 44.9 Å². The van der Waals surface area contributed by atoms with Crippen LogP contribution in [0.15, 0.2) is 12.2 Å². The lowest BCUT2D eigenvalue weighted by molar-refractivity contribution is -0.167. The Bertz CT molecular complexity index is 947. The van der Waals surface area contributed by atoms with Crippen molar-refractivity contribution in [3.05, 3.63) is 12.2 Å². The van der Waals surface area contributed by atoms with Gasteiger partial charge in [-0.3, -0.25) is 14.4 Å². The lowest BCUT2D eigenvalue weighted by Gasteiger charge is -2.18. The highest BCUT2D eigenvalue weighted by Crippen LogP contribution is 2.16. The Kier molecular flexibility index (Phi) is 49.3. The summed E-state index contributed by atoms with van der Waals surface area (Å²) in [6, 6.07) is 0. The molecule has 0 amide bonds. The summed E-state index contributed by atoms with van der Waals surface area (Å²) in [5.74, 6) is -0.855. The van der Waals surface area contributed by atoms with Gasteiger partial charge in [-0.1, -0.05) is 251 Å². The molecule has 0 unspecified atom stereocenters. The van der Waals surface area contributed by atoms with Gasteiger partial charge in [0.1, 0.15) is 13.2 Å². The standard InChI is InChI=1S/C55H104O6/c1-4-7-10-13-16-19-22-25-28-31-33-36-39-42-45-48-54(57)60-51-52(61-55(58)49-46-43-40-37-34-30-27-24-21-18-15-12-9-6-3)50-59-53(56)47-44-41-38-35-32-29-26-23-20-17-14-11-8-5-2/h25,28,52H,4-24,26-27,29-51H2,1-3H3/b28-25-/t52-/m1/s1. The van der Waals surface area contributed by atoms with Crippen LogP contribution < -0.4 is 0 Å². The van der Waals surface area contributed by atoms with Gasteiger partial charge in [0.25, 0.3) is 0 Å². The van der Waals surface area contributed by atoms with Crippen molar-refractivity contribution >= 4 is 17.9 Å². The third kappa shape index (κ3) is 49.0. The van der Waals surface area contributed by atoms with Crippen LogP contribution in [0.1, 0.15) is 303 Å². The topological polar surface area (TPSA) is 78.9 Å². The van der Waals surface area contributed by atoms with Gasteiger partial charge in [-0.25, -0.2) is 0 Å². The zero-order valence-corrected chi connectivity index (χ0v) is 41.2. The largest absolute Gasteiger partial charge is 0.462 e. The third-order valence-corrected chi connectivity index (χ3v) is 12.3. The zero-order valence-electron chi connectivity index (χ0n) is 41.2. The number of carbonyl (C=O) groups excluding carboxylic acids is 3. The number of carbonyl (C=O) groups is 3. The minimum absolute atomic E-state index is 0.0669. The van der Waals surface area contributed by atoms with Gasteiger partial charge in [0.05, 0.1) is 0 Å². The summed E-state index contributed by atoms with van der Waals surface area (Å²) in [6.07, 6.45) is 56.2. The van der Waals surface area contributed by atoms with E-state index in [1.54, 1.807) is 0 Å². The second-order valence-corrected chi connectivity index (χ2v) is 18.5. The number of allylic oxidation sites excluding steroid dienone is 2. The number of hydrogen-bond acceptors (Lipinski definition) is 6. The van der Waals surface area contributed by atoms with E-state index >= 15 is 0 Å². The Morgan fingerprint density at radius 3 is 0.820 bits per heavy atom. The van der Waals surface area contributed by atoms with Gasteiger partial charge in [0.2, 0.25) is 0 Å². The van der Waals surface area contributed by atoms with Crippen molar-refractivity contribution in [3.63, 3.8) is 0 Å². The highest BCUT2D eigenvalue weighted by molar-refractivity contribution is 5.71. The Hall–Kier alpha value is -1.85. The molecule has 6 heteroatoms. The first kappa shape index (κ1) is 59.1. The van der Waals surface area contributed by atoms with E-state index in [1.807, 2.05) is 0 Å². The molecule has 0 heterocycles. The van der Waals surface area contributed by atoms with Crippen molar-refractivity contribution in [2.24, 2.45) is 0 Å². The summed E-state index contributed by atoms with van der Waals surface area (Å²) in [6.45, 7) is 6.67. The van der Waals surface area contributed by atoms with E-state index in [2.05, 4.69) is 32.9 Å². The lowest BCUT2D eigenvalue weighted by Crippen LogP contribution is -2.30. The van der Waals surface area contributed by atoms with Gasteiger partial charge in [0.15, 0.2) is 6.10 Å². The van der Waals surface area contributed by atoms with Crippen LogP contribution in [-0.4, -0.2) is 37.2 Å². The van der Waals surface area contributed by atoms with E-state index in [4.69, 9.17) is 14.2 Å². The molecule has 0 aliphatic carbocycles. The molecule has 0 aromatic rings. The molecule has 0 aliphatic rings. The number of ether oxygens (including phenoxy) is 3. The maximum Gasteiger partial charge on any atom is 0.306 e. The van der Waals surface area contributed by atoms with E-state index < -0.39 is 6.10 Å². The maximum atomic E-state index is 12.8. The molecule has 0 rings (SSSR count). The molecule has 0 saturated heterocycles. The predicted octanol–water partition coefficient (Wildman–Crippen LogP) is 17.8. The zero-order chi connectivity index (χ0) is 44.4. The normalized spacial score (nSPS) is 12.0. The fourth-order valence-electron chi connectivity index (χ4n) is 8.14. The maximum absolute atomic E-state index is 12.8. The van der Waals surface area contributed by atoms with Gasteiger partial charge < -0.3 is 14.2 Å². The van der Waals surface area contributed by atoms with Crippen LogP contribution in [0, 0.1) is 0 Å². The van der Waals surface area contributed by atoms with Crippen molar-refractivity contribution in [3.8, 4) is 0 Å². The second kappa shape index (κ2) is 50.8. The Morgan fingerprint density at radius 2 is 0.541 bits per heavy atom. The molecule has 61 heavy (non-hydrogen) atoms. The Morgan fingerprint density at radius 1 is 0.311 bits per heavy atom. The summed E-state index contributed by atoms with van der Waals surface area (Å²) < 4.78 is 16.8. The molecule has 0 radical (unpaired) electrons. The van der Waals surface area contributed by atoms with Gasteiger partial charge >= 0.3 is 17.9 Å². The van der Waals surface area contributed by atoms with Crippen molar-refractivity contribution < 1.29 is 28.6 Å². The molecular weight excluding hydrogens is 757 g/mol. The summed E-state index contributed by atoms with van der Waals surface area (Å²) >= 11 is 0. The summed E-state index contributed by atoms with van der Waals surface area (Å²) in [5, 5.41) is 0. The first-order valence-electron chi connectivity index (χ1n) is 27.2. The van der Waals surface area contributed by atoms with Gasteiger partial charge in [-0.15, -0.1) is 0 Å². The number of esters is 3. The van der Waals surface area contributed by atoms with E-state index in [0.29, 0.717) is 19.3 Å². The minimum atomic E-state index is -0.766. The average Bonchev–Trinajstić information content (AvgIpc) is 3.26. The molecule has 0 N–H and O–H groups in total. The highest BCUT2D eigenvalue weighted by Gasteiger charge is 2.19. The van der Waals surface area contributed by atoms with Crippen LogP contribution >= 0.6 is 0 Å². The van der Waals surface area contributed by atoms with Crippen molar-refractivity contribution in [2.45, 2.75) is 309 Å². The van der Waals surface area contributed by atoms with Crippen LogP contribution in [0.5, 0.6) is 0 Å². The van der Waals surface area contributed by atoms with Gasteiger partial charge in [-0.2, -0.15) is 0 Å². The molecule has 0 spiro atoms. The number of hydrogen-bond donors (Lipinski definition) is 0. The van der Waals surface area contributed by atoms with Crippen molar-refractivity contribution in [2.75, 3.05) is 13.2 Å². The van der Waals surface area contributed by atoms with Crippen molar-refractivity contribution in [1.82, 2.24) is 0 Å². The Balaban J connectivity index is 4.33. The average molecular weight is 861 g/mol. The molecule has 360 valence electrons. The molecule has 0 aromatic carbocycles. The second-order valence-electron chi connectivity index (χ2n) is 18.5. The SMILES string of the molecule is CCCCCCCC/C=C\CCCCCCCC(=O)OC[C@@H](COC(=O)CCCCCCCCCCCCCCCC)OC(=O)CCCCCCCCCCCCCCCC. The van der Waals surface area contributed by atoms with E-state index in [0.717, 1.165) is 64.2 Å². The van der Waals surface area contributed by atoms with E-state index in [-0.39, 0.29) is 31.1 Å². The molecule has 1 atom stereocenters. The molecule has 0 aliphatic heterocycles. The molecular formula is C55H104O6. The number of unbranched alkanes of at least 4 members (excludes halogenated alkanes) is 37. The first-order valence-corrected chi connectivity index (χ1v) is 27.2. The predicted molar refractivity (Wildman–Crippen MR) is 261 cm³/mol. The van der Waals surface area contributed by atoms with E-state index in [1.165, 1.54) is 199 Å². The minimum Gasteiger partial charge on any atom is -0.462 e. The third-order valence-electron chi connectivity index (χ3n) is 12.3. The molecule has 0 aromatic heterocycles. The summed E-state index contributed by atoms with van der Waals surface area (Å²) in [4.78, 5) is 38.0. The molecule has 6 nitrogen and oxygen atoms in total. The highest BCUT2D eigenvalue weighted by atomic mass is 16.6. The first-order chi connectivity index (χ1) is 30.0. The van der Waals surface area contributed by atoms with Crippen LogP contribution in [0.25, 0.3) is 0 Å². The quantitative estimate of drug-likeness (QED) is 0.0262. The van der Waals surface area contributed by atoms with E-state index in [9.17, 15) is 14.4 Å². The lowest BCUT2D eigenvalue weighted by atomic mass is 10.0. The molecule has 0 saturated carbocycles. The molecule has 0 bridgehead atoms. The Labute approximate surface area is 380 Å². The van der Waals surface area contributed by atoms with Crippen LogP contribution in [0.2, 0.25) is 0 Å². The molecule has 0 fully saturated rings. The van der Waals surface area contributed by atoms with Gasteiger partial charge in [0, 0.05) is 19.3 Å². The summed E-state index contributed by atoms with van der Waals surface area (Å²) in [5.41, 5.74) is 0. The fraction of sp³-hybridized carbons (Fsp3) is 0.909. The fourth-order valence-corrected chi connectivity index (χ4v) is 8.14. The van der Waals surface area contributed by atoms with Crippen LogP contribution in [0.4, 0.5) is 0 Å².